The third-order valence-electron chi connectivity index (χ3n) is 5.23. The van der Waals surface area contributed by atoms with Crippen LogP contribution in [0.2, 0.25) is 0 Å². The number of rotatable bonds is 4. The SMILES string of the molecule is O=C(NC1CCN(c2cnccn2)CC1)[C@H]1CC(=O)N(C2CC2)C1. The molecule has 4 rings (SSSR count). The van der Waals surface area contributed by atoms with E-state index in [1.54, 1.807) is 18.6 Å². The molecule has 3 heterocycles. The Morgan fingerprint density at radius 3 is 2.62 bits per heavy atom. The molecule has 2 aliphatic heterocycles. The molecule has 0 radical (unpaired) electrons. The smallest absolute Gasteiger partial charge is 0.225 e. The first-order chi connectivity index (χ1) is 11.7. The number of carbonyl (C=O) groups excluding carboxylic acids is 2. The molecule has 0 aromatic carbocycles. The Balaban J connectivity index is 1.26. The van der Waals surface area contributed by atoms with E-state index >= 15 is 0 Å². The minimum absolute atomic E-state index is 0.0458. The summed E-state index contributed by atoms with van der Waals surface area (Å²) in [5.41, 5.74) is 0. The summed E-state index contributed by atoms with van der Waals surface area (Å²) >= 11 is 0. The monoisotopic (exact) mass is 329 g/mol. The molecule has 2 amide bonds. The van der Waals surface area contributed by atoms with E-state index in [1.165, 1.54) is 0 Å². The third kappa shape index (κ3) is 3.20. The maximum Gasteiger partial charge on any atom is 0.225 e. The van der Waals surface area contributed by atoms with Gasteiger partial charge in [0.25, 0.3) is 0 Å². The standard InChI is InChI=1S/C17H23N5O2/c23-16-9-12(11-22(16)14-1-2-14)17(24)20-13-3-7-21(8-4-13)15-10-18-5-6-19-15/h5-6,10,12-14H,1-4,7-9,11H2,(H,20,24)/t12-/m0/s1. The molecule has 1 N–H and O–H groups in total. The fraction of sp³-hybridized carbons (Fsp3) is 0.647. The lowest BCUT2D eigenvalue weighted by Crippen LogP contribution is -2.47. The maximum absolute atomic E-state index is 12.5. The molecule has 1 aliphatic carbocycles. The first kappa shape index (κ1) is 15.4. The predicted molar refractivity (Wildman–Crippen MR) is 88.3 cm³/mol. The van der Waals surface area contributed by atoms with Crippen molar-refractivity contribution in [2.45, 2.75) is 44.2 Å². The molecule has 1 atom stereocenters. The fourth-order valence-electron chi connectivity index (χ4n) is 3.67. The fourth-order valence-corrected chi connectivity index (χ4v) is 3.67. The number of likely N-dealkylation sites (tertiary alicyclic amines) is 1. The van der Waals surface area contributed by atoms with Crippen molar-refractivity contribution in [1.29, 1.82) is 0 Å². The van der Waals surface area contributed by atoms with E-state index in [-0.39, 0.29) is 23.8 Å². The lowest BCUT2D eigenvalue weighted by Gasteiger charge is -2.33. The molecular formula is C17H23N5O2. The number of nitrogens with one attached hydrogen (secondary N) is 1. The van der Waals surface area contributed by atoms with E-state index in [0.29, 0.717) is 19.0 Å². The molecule has 0 bridgehead atoms. The number of carbonyl (C=O) groups is 2. The average Bonchev–Trinajstić information content (AvgIpc) is 3.38. The molecule has 1 aromatic rings. The zero-order chi connectivity index (χ0) is 16.5. The lowest BCUT2D eigenvalue weighted by molar-refractivity contribution is -0.129. The highest BCUT2D eigenvalue weighted by atomic mass is 16.2. The molecule has 7 heteroatoms. The van der Waals surface area contributed by atoms with Gasteiger partial charge >= 0.3 is 0 Å². The van der Waals surface area contributed by atoms with Crippen molar-refractivity contribution in [3.63, 3.8) is 0 Å². The largest absolute Gasteiger partial charge is 0.355 e. The Hall–Kier alpha value is -2.18. The van der Waals surface area contributed by atoms with Crippen molar-refractivity contribution in [2.24, 2.45) is 5.92 Å². The Kier molecular flexibility index (Phi) is 4.08. The topological polar surface area (TPSA) is 78.4 Å². The highest BCUT2D eigenvalue weighted by molar-refractivity contribution is 5.89. The third-order valence-corrected chi connectivity index (χ3v) is 5.23. The second-order valence-corrected chi connectivity index (χ2v) is 7.01. The van der Waals surface area contributed by atoms with Crippen molar-refractivity contribution in [3.05, 3.63) is 18.6 Å². The molecule has 3 fully saturated rings. The van der Waals surface area contributed by atoms with Crippen LogP contribution in [0.3, 0.4) is 0 Å². The first-order valence-electron chi connectivity index (χ1n) is 8.81. The van der Waals surface area contributed by atoms with E-state index in [2.05, 4.69) is 20.2 Å². The molecule has 24 heavy (non-hydrogen) atoms. The quantitative estimate of drug-likeness (QED) is 0.874. The number of nitrogens with zero attached hydrogens (tertiary/aromatic N) is 4. The lowest BCUT2D eigenvalue weighted by atomic mass is 10.0. The number of hydrogen-bond donors (Lipinski definition) is 1. The zero-order valence-corrected chi connectivity index (χ0v) is 13.7. The van der Waals surface area contributed by atoms with Crippen molar-refractivity contribution in [1.82, 2.24) is 20.2 Å². The van der Waals surface area contributed by atoms with Crippen LogP contribution in [0.1, 0.15) is 32.1 Å². The Morgan fingerprint density at radius 2 is 1.96 bits per heavy atom. The summed E-state index contributed by atoms with van der Waals surface area (Å²) in [5.74, 6) is 0.916. The molecular weight excluding hydrogens is 306 g/mol. The number of piperidine rings is 1. The number of hydrogen-bond acceptors (Lipinski definition) is 5. The molecule has 0 unspecified atom stereocenters. The van der Waals surface area contributed by atoms with E-state index in [4.69, 9.17) is 0 Å². The zero-order valence-electron chi connectivity index (χ0n) is 13.7. The molecule has 0 spiro atoms. The van der Waals surface area contributed by atoms with Gasteiger partial charge in [0.15, 0.2) is 0 Å². The van der Waals surface area contributed by atoms with Crippen molar-refractivity contribution < 1.29 is 9.59 Å². The van der Waals surface area contributed by atoms with E-state index in [1.807, 2.05) is 4.90 Å². The van der Waals surface area contributed by atoms with Gasteiger partial charge in [0.1, 0.15) is 5.82 Å². The molecule has 128 valence electrons. The minimum atomic E-state index is -0.170. The number of aromatic nitrogens is 2. The molecule has 7 nitrogen and oxygen atoms in total. The summed E-state index contributed by atoms with van der Waals surface area (Å²) in [7, 11) is 0. The second-order valence-electron chi connectivity index (χ2n) is 7.01. The van der Waals surface area contributed by atoms with Gasteiger partial charge in [-0.15, -0.1) is 0 Å². The summed E-state index contributed by atoms with van der Waals surface area (Å²) in [6.07, 6.45) is 9.51. The van der Waals surface area contributed by atoms with Crippen LogP contribution in [0.5, 0.6) is 0 Å². The minimum Gasteiger partial charge on any atom is -0.355 e. The average molecular weight is 329 g/mol. The van der Waals surface area contributed by atoms with Gasteiger partial charge in [0.05, 0.1) is 12.1 Å². The van der Waals surface area contributed by atoms with Gasteiger partial charge in [-0.05, 0) is 25.7 Å². The van der Waals surface area contributed by atoms with E-state index in [9.17, 15) is 9.59 Å². The van der Waals surface area contributed by atoms with Gasteiger partial charge in [-0.1, -0.05) is 0 Å². The summed E-state index contributed by atoms with van der Waals surface area (Å²) in [6.45, 7) is 2.33. The van der Waals surface area contributed by atoms with E-state index in [0.717, 1.165) is 44.6 Å². The Morgan fingerprint density at radius 1 is 1.17 bits per heavy atom. The number of amides is 2. The Bertz CT molecular complexity index is 611. The van der Waals surface area contributed by atoms with Crippen molar-refractivity contribution in [2.75, 3.05) is 24.5 Å². The highest BCUT2D eigenvalue weighted by Crippen LogP contribution is 2.32. The van der Waals surface area contributed by atoms with Gasteiger partial charge in [-0.3, -0.25) is 14.6 Å². The van der Waals surface area contributed by atoms with Gasteiger partial charge < -0.3 is 15.1 Å². The predicted octanol–water partition coefficient (Wildman–Crippen LogP) is 0.572. The molecule has 3 aliphatic rings. The van der Waals surface area contributed by atoms with Crippen LogP contribution in [-0.4, -0.2) is 58.4 Å². The second kappa shape index (κ2) is 6.37. The van der Waals surface area contributed by atoms with Gasteiger partial charge in [0.2, 0.25) is 11.8 Å². The van der Waals surface area contributed by atoms with Gasteiger partial charge in [-0.2, -0.15) is 0 Å². The van der Waals surface area contributed by atoms with Crippen LogP contribution < -0.4 is 10.2 Å². The van der Waals surface area contributed by atoms with Crippen LogP contribution in [0.15, 0.2) is 18.6 Å². The van der Waals surface area contributed by atoms with Crippen molar-refractivity contribution >= 4 is 17.6 Å². The highest BCUT2D eigenvalue weighted by Gasteiger charge is 2.42. The first-order valence-corrected chi connectivity index (χ1v) is 8.81. The van der Waals surface area contributed by atoms with Gasteiger partial charge in [-0.25, -0.2) is 4.98 Å². The molecule has 2 saturated heterocycles. The maximum atomic E-state index is 12.5. The van der Waals surface area contributed by atoms with Crippen LogP contribution in [-0.2, 0) is 9.59 Å². The van der Waals surface area contributed by atoms with E-state index < -0.39 is 0 Å². The Labute approximate surface area is 141 Å². The van der Waals surface area contributed by atoms with Crippen LogP contribution in [0, 0.1) is 5.92 Å². The van der Waals surface area contributed by atoms with Crippen LogP contribution in [0.4, 0.5) is 5.82 Å². The summed E-state index contributed by atoms with van der Waals surface area (Å²) < 4.78 is 0. The molecule has 1 aromatic heterocycles. The summed E-state index contributed by atoms with van der Waals surface area (Å²) in [4.78, 5) is 37.0. The normalized spacial score (nSPS) is 25.2. The summed E-state index contributed by atoms with van der Waals surface area (Å²) in [6, 6.07) is 0.598. The number of anilines is 1. The molecule has 1 saturated carbocycles. The van der Waals surface area contributed by atoms with Gasteiger partial charge in [0, 0.05) is 50.5 Å². The summed E-state index contributed by atoms with van der Waals surface area (Å²) in [5, 5.41) is 3.15. The van der Waals surface area contributed by atoms with Crippen LogP contribution >= 0.6 is 0 Å². The van der Waals surface area contributed by atoms with Crippen LogP contribution in [0.25, 0.3) is 0 Å². The van der Waals surface area contributed by atoms with Crippen molar-refractivity contribution in [3.8, 4) is 0 Å².